The van der Waals surface area contributed by atoms with Crippen LogP contribution < -0.4 is 5.48 Å². The smallest absolute Gasteiger partial charge is 0.409 e. The van der Waals surface area contributed by atoms with E-state index in [1.165, 1.54) is 23.6 Å². The summed E-state index contributed by atoms with van der Waals surface area (Å²) in [5.41, 5.74) is 2.28. The maximum Gasteiger partial charge on any atom is 0.409 e. The van der Waals surface area contributed by atoms with Gasteiger partial charge in [-0.3, -0.25) is 10.0 Å². The molecule has 2 amide bonds. The average molecular weight is 460 g/mol. The van der Waals surface area contributed by atoms with Crippen LogP contribution in [0.25, 0.3) is 10.4 Å². The topological polar surface area (TPSA) is 116 Å². The molecule has 1 aliphatic heterocycles. The predicted molar refractivity (Wildman–Crippen MR) is 106 cm³/mol. The first-order chi connectivity index (χ1) is 13.8. The number of hydroxylamine groups is 1. The number of ether oxygens (including phenoxy) is 1. The van der Waals surface area contributed by atoms with Crippen molar-refractivity contribution in [3.63, 3.8) is 0 Å². The molecular formula is C17H18ClN3O6S2. The molecule has 0 radical (unpaired) electrons. The Kier molecular flexibility index (Phi) is 6.44. The number of thiophene rings is 1. The lowest BCUT2D eigenvalue weighted by Gasteiger charge is -2.38. The predicted octanol–water partition coefficient (Wildman–Crippen LogP) is 2.02. The molecule has 1 aromatic heterocycles. The summed E-state index contributed by atoms with van der Waals surface area (Å²) in [5.74, 6) is -0.934. The molecule has 0 spiro atoms. The highest BCUT2D eigenvalue weighted by Crippen LogP contribution is 2.34. The molecule has 1 saturated heterocycles. The lowest BCUT2D eigenvalue weighted by atomic mass is 10.2. The van der Waals surface area contributed by atoms with Gasteiger partial charge in [-0.25, -0.2) is 18.7 Å². The van der Waals surface area contributed by atoms with E-state index in [1.54, 1.807) is 30.3 Å². The largest absolute Gasteiger partial charge is 0.453 e. The number of carbonyl (C=O) groups is 2. The van der Waals surface area contributed by atoms with E-state index in [0.29, 0.717) is 5.02 Å². The minimum Gasteiger partial charge on any atom is -0.453 e. The number of halogens is 1. The number of amides is 2. The van der Waals surface area contributed by atoms with Crippen molar-refractivity contribution in [1.29, 1.82) is 0 Å². The maximum atomic E-state index is 13.2. The summed E-state index contributed by atoms with van der Waals surface area (Å²) < 4.78 is 32.0. The lowest BCUT2D eigenvalue weighted by molar-refractivity contribution is -0.134. The Morgan fingerprint density at radius 1 is 1.21 bits per heavy atom. The summed E-state index contributed by atoms with van der Waals surface area (Å²) >= 11 is 6.94. The molecule has 1 aliphatic rings. The van der Waals surface area contributed by atoms with Gasteiger partial charge in [-0.05, 0) is 29.8 Å². The summed E-state index contributed by atoms with van der Waals surface area (Å²) in [4.78, 5) is 25.8. The Labute approximate surface area is 176 Å². The summed E-state index contributed by atoms with van der Waals surface area (Å²) in [6.07, 6.45) is -0.682. The van der Waals surface area contributed by atoms with Gasteiger partial charge in [0.25, 0.3) is 15.9 Å². The molecule has 0 bridgehead atoms. The molecule has 2 heterocycles. The van der Waals surface area contributed by atoms with Crippen molar-refractivity contribution in [3.05, 3.63) is 41.4 Å². The molecule has 2 aromatic rings. The van der Waals surface area contributed by atoms with Crippen molar-refractivity contribution in [2.24, 2.45) is 0 Å². The monoisotopic (exact) mass is 459 g/mol. The van der Waals surface area contributed by atoms with E-state index >= 15 is 0 Å². The molecule has 156 valence electrons. The van der Waals surface area contributed by atoms with Gasteiger partial charge in [0.05, 0.1) is 7.11 Å². The molecule has 29 heavy (non-hydrogen) atoms. The van der Waals surface area contributed by atoms with Crippen LogP contribution in [-0.4, -0.2) is 67.6 Å². The summed E-state index contributed by atoms with van der Waals surface area (Å²) in [6.45, 7) is -0.312. The Morgan fingerprint density at radius 3 is 2.52 bits per heavy atom. The number of sulfonamides is 1. The van der Waals surface area contributed by atoms with E-state index in [-0.39, 0.29) is 23.8 Å². The van der Waals surface area contributed by atoms with Crippen molar-refractivity contribution < 1.29 is 28.0 Å². The van der Waals surface area contributed by atoms with Crippen LogP contribution in [-0.2, 0) is 19.6 Å². The highest BCUT2D eigenvalue weighted by molar-refractivity contribution is 7.91. The van der Waals surface area contributed by atoms with Gasteiger partial charge in [0.15, 0.2) is 0 Å². The van der Waals surface area contributed by atoms with Crippen LogP contribution in [0.4, 0.5) is 4.79 Å². The number of piperazine rings is 1. The number of hydrogen-bond acceptors (Lipinski definition) is 7. The van der Waals surface area contributed by atoms with Gasteiger partial charge in [-0.2, -0.15) is 4.31 Å². The first-order valence-corrected chi connectivity index (χ1v) is 11.1. The third kappa shape index (κ3) is 4.38. The fraction of sp³-hybridized carbons (Fsp3) is 0.294. The van der Waals surface area contributed by atoms with Gasteiger partial charge in [0.2, 0.25) is 0 Å². The van der Waals surface area contributed by atoms with Crippen LogP contribution in [0.3, 0.4) is 0 Å². The molecular weight excluding hydrogens is 442 g/mol. The second-order valence-corrected chi connectivity index (χ2v) is 9.79. The van der Waals surface area contributed by atoms with Crippen LogP contribution in [0.1, 0.15) is 0 Å². The van der Waals surface area contributed by atoms with Gasteiger partial charge in [0.1, 0.15) is 10.3 Å². The maximum absolute atomic E-state index is 13.2. The SMILES string of the molecule is COC(=O)N1CCN(S(=O)(=O)c2ccc(-c3ccc(Cl)cc3)s2)[C@@H](C(=O)NO)C1. The zero-order valence-electron chi connectivity index (χ0n) is 15.2. The number of methoxy groups -OCH3 is 1. The zero-order valence-corrected chi connectivity index (χ0v) is 17.6. The third-order valence-corrected chi connectivity index (χ3v) is 8.21. The summed E-state index contributed by atoms with van der Waals surface area (Å²) in [6, 6.07) is 8.82. The number of nitrogens with zero attached hydrogens (tertiary/aromatic N) is 2. The second-order valence-electron chi connectivity index (χ2n) is 6.15. The molecule has 1 atom stereocenters. The van der Waals surface area contributed by atoms with E-state index in [0.717, 1.165) is 26.1 Å². The van der Waals surface area contributed by atoms with Crippen LogP contribution in [0.5, 0.6) is 0 Å². The van der Waals surface area contributed by atoms with Crippen LogP contribution in [0.2, 0.25) is 5.02 Å². The van der Waals surface area contributed by atoms with Crippen LogP contribution >= 0.6 is 22.9 Å². The van der Waals surface area contributed by atoms with Crippen LogP contribution in [0, 0.1) is 0 Å². The van der Waals surface area contributed by atoms with Gasteiger partial charge < -0.3 is 9.64 Å². The van der Waals surface area contributed by atoms with E-state index in [9.17, 15) is 18.0 Å². The van der Waals surface area contributed by atoms with Gasteiger partial charge in [-0.1, -0.05) is 23.7 Å². The lowest BCUT2D eigenvalue weighted by Crippen LogP contribution is -2.61. The van der Waals surface area contributed by atoms with Crippen LogP contribution in [0.15, 0.2) is 40.6 Å². The fourth-order valence-electron chi connectivity index (χ4n) is 2.98. The van der Waals surface area contributed by atoms with Gasteiger partial charge >= 0.3 is 6.09 Å². The van der Waals surface area contributed by atoms with Crippen molar-refractivity contribution in [1.82, 2.24) is 14.7 Å². The second kappa shape index (κ2) is 8.67. The van der Waals surface area contributed by atoms with Crippen molar-refractivity contribution in [2.45, 2.75) is 10.3 Å². The Morgan fingerprint density at radius 2 is 1.90 bits per heavy atom. The van der Waals surface area contributed by atoms with Crippen molar-refractivity contribution in [3.8, 4) is 10.4 Å². The molecule has 12 heteroatoms. The van der Waals surface area contributed by atoms with Crippen molar-refractivity contribution in [2.75, 3.05) is 26.7 Å². The number of hydrogen-bond donors (Lipinski definition) is 2. The standard InChI is InChI=1S/C17H18ClN3O6S2/c1-27-17(23)20-8-9-21(13(10-20)16(22)19-24)29(25,26)15-7-6-14(28-15)11-2-4-12(18)5-3-11/h2-7,13,24H,8-10H2,1H3,(H,19,22)/t13-/m1/s1. The van der Waals surface area contributed by atoms with E-state index in [2.05, 4.69) is 4.74 Å². The number of rotatable bonds is 4. The molecule has 3 rings (SSSR count). The number of carbonyl (C=O) groups excluding carboxylic acids is 2. The third-order valence-electron chi connectivity index (χ3n) is 4.45. The minimum absolute atomic E-state index is 0.0460. The summed E-state index contributed by atoms with van der Waals surface area (Å²) in [5, 5.41) is 9.60. The number of benzene rings is 1. The zero-order chi connectivity index (χ0) is 21.2. The Bertz CT molecular complexity index is 1010. The average Bonchev–Trinajstić information content (AvgIpc) is 3.23. The minimum atomic E-state index is -4.04. The molecule has 0 aliphatic carbocycles. The van der Waals surface area contributed by atoms with Gasteiger partial charge in [0, 0.05) is 29.5 Å². The van der Waals surface area contributed by atoms with E-state index in [1.807, 2.05) is 0 Å². The summed E-state index contributed by atoms with van der Waals surface area (Å²) in [7, 11) is -2.85. The van der Waals surface area contributed by atoms with E-state index in [4.69, 9.17) is 16.8 Å². The quantitative estimate of drug-likeness (QED) is 0.533. The fourth-order valence-corrected chi connectivity index (χ4v) is 6.12. The molecule has 9 nitrogen and oxygen atoms in total. The molecule has 0 saturated carbocycles. The Hall–Kier alpha value is -2.18. The molecule has 2 N–H and O–H groups in total. The van der Waals surface area contributed by atoms with Gasteiger partial charge in [-0.15, -0.1) is 11.3 Å². The highest BCUT2D eigenvalue weighted by atomic mass is 35.5. The molecule has 0 unspecified atom stereocenters. The number of nitrogens with one attached hydrogen (secondary N) is 1. The Balaban J connectivity index is 1.90. The normalized spacial score (nSPS) is 17.8. The highest BCUT2D eigenvalue weighted by Gasteiger charge is 2.42. The molecule has 1 aromatic carbocycles. The first-order valence-electron chi connectivity index (χ1n) is 8.42. The van der Waals surface area contributed by atoms with Crippen molar-refractivity contribution >= 4 is 45.0 Å². The first kappa shape index (κ1) is 21.5. The molecule has 1 fully saturated rings. The van der Waals surface area contributed by atoms with E-state index < -0.39 is 28.1 Å².